The molecule has 3 nitrogen and oxygen atoms in total. The van der Waals surface area contributed by atoms with E-state index in [4.69, 9.17) is 11.6 Å². The van der Waals surface area contributed by atoms with E-state index in [1.807, 2.05) is 23.1 Å². The molecule has 0 bridgehead atoms. The first-order valence-corrected chi connectivity index (χ1v) is 8.20. The Morgan fingerprint density at radius 2 is 1.92 bits per heavy atom. The van der Waals surface area contributed by atoms with Crippen LogP contribution in [0.25, 0.3) is 6.08 Å². The molecular formula is C20H18ClNO2. The molecule has 0 aromatic heterocycles. The molecule has 0 saturated carbocycles. The number of rotatable bonds is 3. The molecular weight excluding hydrogens is 322 g/mol. The average molecular weight is 340 g/mol. The van der Waals surface area contributed by atoms with Crippen LogP contribution >= 0.6 is 11.6 Å². The smallest absolute Gasteiger partial charge is 0.246 e. The van der Waals surface area contributed by atoms with Crippen LogP contribution in [0.4, 0.5) is 0 Å². The van der Waals surface area contributed by atoms with Gasteiger partial charge in [0.2, 0.25) is 5.91 Å². The van der Waals surface area contributed by atoms with Crippen LogP contribution in [-0.2, 0) is 17.8 Å². The highest BCUT2D eigenvalue weighted by molar-refractivity contribution is 6.32. The number of carbonyl (C=O) groups excluding carboxylic acids is 1. The Kier molecular flexibility index (Phi) is 5.02. The summed E-state index contributed by atoms with van der Waals surface area (Å²) < 4.78 is 0. The maximum absolute atomic E-state index is 12.3. The third kappa shape index (κ3) is 3.87. The van der Waals surface area contributed by atoms with Crippen LogP contribution in [0.5, 0.6) is 5.75 Å². The number of halogens is 1. The van der Waals surface area contributed by atoms with Crippen molar-refractivity contribution in [3.05, 3.63) is 82.4 Å². The number of hydrogen-bond donors (Lipinski definition) is 1. The van der Waals surface area contributed by atoms with Crippen molar-refractivity contribution in [2.24, 2.45) is 0 Å². The lowest BCUT2D eigenvalue weighted by Crippen LogP contribution is -2.34. The van der Waals surface area contributed by atoms with Gasteiger partial charge in [-0.05, 0) is 35.2 Å². The maximum Gasteiger partial charge on any atom is 0.246 e. The largest absolute Gasteiger partial charge is 0.506 e. The van der Waals surface area contributed by atoms with Crippen molar-refractivity contribution in [3.63, 3.8) is 0 Å². The van der Waals surface area contributed by atoms with Gasteiger partial charge in [0.25, 0.3) is 0 Å². The Morgan fingerprint density at radius 3 is 2.71 bits per heavy atom. The van der Waals surface area contributed by atoms with Crippen LogP contribution in [0.1, 0.15) is 16.7 Å². The van der Waals surface area contributed by atoms with Gasteiger partial charge >= 0.3 is 0 Å². The van der Waals surface area contributed by atoms with E-state index in [2.05, 4.69) is 12.1 Å². The minimum absolute atomic E-state index is 0.0119. The van der Waals surface area contributed by atoms with E-state index >= 15 is 0 Å². The van der Waals surface area contributed by atoms with Crippen molar-refractivity contribution in [1.29, 1.82) is 0 Å². The normalized spacial score (nSPS) is 14.3. The van der Waals surface area contributed by atoms with Gasteiger partial charge in [-0.25, -0.2) is 0 Å². The second-order valence-electron chi connectivity index (χ2n) is 5.71. The van der Waals surface area contributed by atoms with E-state index < -0.39 is 0 Å². The Labute approximate surface area is 146 Å². The maximum atomic E-state index is 12.3. The molecule has 2 aromatic carbocycles. The molecule has 1 N–H and O–H groups in total. The third-order valence-corrected chi connectivity index (χ3v) is 4.36. The van der Waals surface area contributed by atoms with Crippen LogP contribution in [0, 0.1) is 0 Å². The zero-order valence-electron chi connectivity index (χ0n) is 13.2. The Morgan fingerprint density at radius 1 is 1.12 bits per heavy atom. The second-order valence-corrected chi connectivity index (χ2v) is 6.11. The van der Waals surface area contributed by atoms with E-state index in [1.54, 1.807) is 36.4 Å². The summed E-state index contributed by atoms with van der Waals surface area (Å²) in [5.74, 6) is 0.0720. The summed E-state index contributed by atoms with van der Waals surface area (Å²) in [5.41, 5.74) is 3.41. The van der Waals surface area contributed by atoms with E-state index in [-0.39, 0.29) is 11.7 Å². The SMILES string of the molecule is O=C(/C=C/C=C/c1ccc(O)c(Cl)c1)N1CCc2ccccc2C1. The van der Waals surface area contributed by atoms with Gasteiger partial charge in [-0.1, -0.05) is 60.2 Å². The molecule has 0 saturated heterocycles. The zero-order chi connectivity index (χ0) is 16.9. The first-order valence-electron chi connectivity index (χ1n) is 7.82. The number of aromatic hydroxyl groups is 1. The molecule has 0 atom stereocenters. The lowest BCUT2D eigenvalue weighted by Gasteiger charge is -2.27. The van der Waals surface area contributed by atoms with Gasteiger partial charge in [0, 0.05) is 19.2 Å². The molecule has 0 aliphatic carbocycles. The van der Waals surface area contributed by atoms with Crippen LogP contribution in [0.2, 0.25) is 5.02 Å². The Balaban J connectivity index is 1.60. The number of hydrogen-bond acceptors (Lipinski definition) is 2. The van der Waals surface area contributed by atoms with Crippen molar-refractivity contribution in [3.8, 4) is 5.75 Å². The summed E-state index contributed by atoms with van der Waals surface area (Å²) in [6.45, 7) is 1.41. The molecule has 1 aliphatic rings. The number of nitrogens with zero attached hydrogens (tertiary/aromatic N) is 1. The molecule has 4 heteroatoms. The molecule has 3 rings (SSSR count). The first-order chi connectivity index (χ1) is 11.6. The average Bonchev–Trinajstić information content (AvgIpc) is 2.61. The fourth-order valence-electron chi connectivity index (χ4n) is 2.72. The van der Waals surface area contributed by atoms with Gasteiger partial charge in [0.05, 0.1) is 5.02 Å². The van der Waals surface area contributed by atoms with Crippen LogP contribution in [0.3, 0.4) is 0 Å². The number of phenolic OH excluding ortho intramolecular Hbond substituents is 1. The molecule has 0 spiro atoms. The van der Waals surface area contributed by atoms with E-state index in [9.17, 15) is 9.90 Å². The van der Waals surface area contributed by atoms with Crippen molar-refractivity contribution >= 4 is 23.6 Å². The topological polar surface area (TPSA) is 40.5 Å². The number of benzene rings is 2. The second kappa shape index (κ2) is 7.37. The summed E-state index contributed by atoms with van der Waals surface area (Å²) in [5, 5.41) is 9.69. The van der Waals surface area contributed by atoms with Gasteiger partial charge in [-0.2, -0.15) is 0 Å². The zero-order valence-corrected chi connectivity index (χ0v) is 13.9. The van der Waals surface area contributed by atoms with Crippen molar-refractivity contribution < 1.29 is 9.90 Å². The highest BCUT2D eigenvalue weighted by Gasteiger charge is 2.18. The fraction of sp³-hybridized carbons (Fsp3) is 0.150. The molecule has 1 amide bonds. The number of amides is 1. The summed E-state index contributed by atoms with van der Waals surface area (Å²) in [6.07, 6.45) is 7.83. The molecule has 24 heavy (non-hydrogen) atoms. The fourth-order valence-corrected chi connectivity index (χ4v) is 2.91. The number of allylic oxidation sites excluding steroid dienone is 2. The lowest BCUT2D eigenvalue weighted by atomic mass is 10.00. The van der Waals surface area contributed by atoms with Crippen LogP contribution in [-0.4, -0.2) is 22.5 Å². The monoisotopic (exact) mass is 339 g/mol. The molecule has 0 radical (unpaired) electrons. The summed E-state index contributed by atoms with van der Waals surface area (Å²) in [4.78, 5) is 14.1. The third-order valence-electron chi connectivity index (χ3n) is 4.05. The molecule has 122 valence electrons. The van der Waals surface area contributed by atoms with Gasteiger partial charge in [0.15, 0.2) is 0 Å². The number of phenols is 1. The molecule has 0 fully saturated rings. The Bertz CT molecular complexity index is 811. The summed E-state index contributed by atoms with van der Waals surface area (Å²) in [6, 6.07) is 13.2. The minimum atomic E-state index is 0.0119. The molecule has 1 aliphatic heterocycles. The molecule has 1 heterocycles. The number of fused-ring (bicyclic) bond motifs is 1. The van der Waals surface area contributed by atoms with Gasteiger partial charge < -0.3 is 10.0 Å². The molecule has 0 unspecified atom stereocenters. The quantitative estimate of drug-likeness (QED) is 0.672. The van der Waals surface area contributed by atoms with E-state index in [1.165, 1.54) is 11.1 Å². The lowest BCUT2D eigenvalue weighted by molar-refractivity contribution is -0.126. The Hall–Kier alpha value is -2.52. The van der Waals surface area contributed by atoms with E-state index in [0.29, 0.717) is 11.6 Å². The van der Waals surface area contributed by atoms with Crippen LogP contribution in [0.15, 0.2) is 60.7 Å². The standard InChI is InChI=1S/C20H18ClNO2/c21-18-13-15(9-10-19(18)23)5-1-4-8-20(24)22-12-11-16-6-2-3-7-17(16)14-22/h1-10,13,23H,11-12,14H2/b5-1+,8-4+. The highest BCUT2D eigenvalue weighted by atomic mass is 35.5. The highest BCUT2D eigenvalue weighted by Crippen LogP contribution is 2.24. The number of carbonyl (C=O) groups is 1. The van der Waals surface area contributed by atoms with Crippen molar-refractivity contribution in [2.75, 3.05) is 6.54 Å². The van der Waals surface area contributed by atoms with E-state index in [0.717, 1.165) is 18.5 Å². The first kappa shape index (κ1) is 16.3. The summed E-state index contributed by atoms with van der Waals surface area (Å²) in [7, 11) is 0. The van der Waals surface area contributed by atoms with Gasteiger partial charge in [-0.15, -0.1) is 0 Å². The van der Waals surface area contributed by atoms with Gasteiger partial charge in [-0.3, -0.25) is 4.79 Å². The predicted octanol–water partition coefficient (Wildman–Crippen LogP) is 4.20. The predicted molar refractivity (Wildman–Crippen MR) is 96.9 cm³/mol. The van der Waals surface area contributed by atoms with Crippen LogP contribution < -0.4 is 0 Å². The summed E-state index contributed by atoms with van der Waals surface area (Å²) >= 11 is 5.86. The van der Waals surface area contributed by atoms with Crippen molar-refractivity contribution in [2.45, 2.75) is 13.0 Å². The molecule has 2 aromatic rings. The van der Waals surface area contributed by atoms with Gasteiger partial charge in [0.1, 0.15) is 5.75 Å². The minimum Gasteiger partial charge on any atom is -0.506 e. The van der Waals surface area contributed by atoms with Crippen molar-refractivity contribution in [1.82, 2.24) is 4.90 Å².